The van der Waals surface area contributed by atoms with E-state index in [-0.39, 0.29) is 13.3 Å². The van der Waals surface area contributed by atoms with Gasteiger partial charge in [0.1, 0.15) is 0 Å². The molecule has 4 heteroatoms. The fourth-order valence-corrected chi connectivity index (χ4v) is 3.59. The number of hydrogen-bond acceptors (Lipinski definition) is 0. The standard InChI is InChI=1S/C11H12P.C10H15.2FH.Zr/c1-12(2)11-7-9-5-3-4-6-10(9)8-11;1-7-6-10(4,5)9(3)8(7)2;;;/h3-8H,1-2H3;1-5H3;2*1H;/q2*-1;;;+4/p-2. The predicted octanol–water partition coefficient (Wildman–Crippen LogP) is 6.88. The van der Waals surface area contributed by atoms with Crippen LogP contribution in [0.5, 0.6) is 0 Å². The van der Waals surface area contributed by atoms with E-state index in [0.717, 1.165) is 0 Å². The van der Waals surface area contributed by atoms with E-state index >= 15 is 0 Å². The van der Waals surface area contributed by atoms with Gasteiger partial charge in [0.25, 0.3) is 0 Å². The number of hydrogen-bond donors (Lipinski definition) is 0. The summed E-state index contributed by atoms with van der Waals surface area (Å²) in [5.74, 6) is 0. The minimum atomic E-state index is -2.77. The summed E-state index contributed by atoms with van der Waals surface area (Å²) in [5.41, 5.74) is 4.39. The van der Waals surface area contributed by atoms with Crippen LogP contribution < -0.4 is 5.30 Å². The first-order chi connectivity index (χ1) is 11.6. The van der Waals surface area contributed by atoms with Crippen molar-refractivity contribution < 1.29 is 29.7 Å². The molecule has 2 aromatic carbocycles. The zero-order valence-electron chi connectivity index (χ0n) is 16.2. The molecule has 0 saturated carbocycles. The molecule has 134 valence electrons. The minimum absolute atomic E-state index is 0.0576. The molecule has 0 aliphatic heterocycles. The number of benzene rings is 1. The van der Waals surface area contributed by atoms with Gasteiger partial charge in [0.05, 0.1) is 0 Å². The van der Waals surface area contributed by atoms with Crippen molar-refractivity contribution in [1.82, 2.24) is 0 Å². The van der Waals surface area contributed by atoms with Crippen LogP contribution in [-0.4, -0.2) is 13.3 Å². The molecule has 3 rings (SSSR count). The Morgan fingerprint density at radius 2 is 1.64 bits per heavy atom. The van der Waals surface area contributed by atoms with Crippen LogP contribution in [0.1, 0.15) is 34.6 Å². The summed E-state index contributed by atoms with van der Waals surface area (Å²) in [7, 11) is 0.0576. The summed E-state index contributed by atoms with van der Waals surface area (Å²) < 4.78 is 19.6. The van der Waals surface area contributed by atoms with Crippen LogP contribution in [0.15, 0.2) is 53.1 Å². The van der Waals surface area contributed by atoms with Crippen LogP contribution in [-0.2, 0) is 24.5 Å². The van der Waals surface area contributed by atoms with E-state index in [2.05, 4.69) is 90.4 Å². The molecule has 0 N–H and O–H groups in total. The number of fused-ring (bicyclic) bond motifs is 1. The van der Waals surface area contributed by atoms with E-state index < -0.39 is 24.5 Å². The van der Waals surface area contributed by atoms with Gasteiger partial charge in [-0.15, -0.1) is 55.2 Å². The Kier molecular flexibility index (Phi) is 8.99. The molecule has 25 heavy (non-hydrogen) atoms. The molecule has 0 aromatic heterocycles. The van der Waals surface area contributed by atoms with Gasteiger partial charge >= 0.3 is 29.7 Å². The van der Waals surface area contributed by atoms with Gasteiger partial charge in [-0.3, -0.25) is 6.08 Å². The summed E-state index contributed by atoms with van der Waals surface area (Å²) in [6, 6.07) is 13.2. The van der Waals surface area contributed by atoms with Crippen molar-refractivity contribution in [3.8, 4) is 0 Å². The van der Waals surface area contributed by atoms with Crippen molar-refractivity contribution in [3.05, 3.63) is 59.2 Å². The van der Waals surface area contributed by atoms with E-state index in [1.54, 1.807) is 0 Å². The van der Waals surface area contributed by atoms with Gasteiger partial charge in [-0.1, -0.05) is 39.2 Å². The zero-order valence-corrected chi connectivity index (χ0v) is 19.5. The van der Waals surface area contributed by atoms with E-state index in [4.69, 9.17) is 0 Å². The first kappa shape index (κ1) is 22.5. The molecule has 0 radical (unpaired) electrons. The molecule has 2 aromatic rings. The number of halogens is 2. The molecule has 0 heterocycles. The molecule has 0 bridgehead atoms. The molecule has 0 unspecified atom stereocenters. The molecule has 0 spiro atoms. The molecule has 0 amide bonds. The third kappa shape index (κ3) is 6.30. The molecule has 0 saturated heterocycles. The molecule has 0 fully saturated rings. The van der Waals surface area contributed by atoms with Gasteiger partial charge < -0.3 is 0 Å². The monoisotopic (exact) mass is 438 g/mol. The number of rotatable bonds is 1. The average Bonchev–Trinajstić information content (AvgIpc) is 3.05. The van der Waals surface area contributed by atoms with Gasteiger partial charge in [0.15, 0.2) is 0 Å². The van der Waals surface area contributed by atoms with Crippen molar-refractivity contribution in [2.24, 2.45) is 5.41 Å². The first-order valence-corrected chi connectivity index (χ1v) is 12.3. The first-order valence-electron chi connectivity index (χ1n) is 8.23. The maximum atomic E-state index is 9.80. The molecule has 1 aliphatic rings. The van der Waals surface area contributed by atoms with E-state index in [0.29, 0.717) is 0 Å². The summed E-state index contributed by atoms with van der Waals surface area (Å²) >= 11 is -2.77. The van der Waals surface area contributed by atoms with Crippen LogP contribution in [0.25, 0.3) is 10.8 Å². The summed E-state index contributed by atoms with van der Waals surface area (Å²) in [6.07, 6.45) is 3.44. The van der Waals surface area contributed by atoms with Crippen LogP contribution in [0.4, 0.5) is 5.25 Å². The van der Waals surface area contributed by atoms with Gasteiger partial charge in [-0.05, 0) is 13.3 Å². The fraction of sp³-hybridized carbons (Fsp3) is 0.381. The van der Waals surface area contributed by atoms with Crippen molar-refractivity contribution >= 4 is 24.0 Å². The van der Waals surface area contributed by atoms with E-state index in [1.165, 1.54) is 32.8 Å². The summed E-state index contributed by atoms with van der Waals surface area (Å²) in [6.45, 7) is 15.5. The Morgan fingerprint density at radius 3 is 2.00 bits per heavy atom. The van der Waals surface area contributed by atoms with Crippen molar-refractivity contribution in [2.45, 2.75) is 34.6 Å². The SMILES string of the molecule is CC1=[C-]C(C)(C)C(C)=C1C.CP(C)c1cc2ccccc2[cH-]1.[F][Zr+2][F]. The predicted molar refractivity (Wildman–Crippen MR) is 105 cm³/mol. The second-order valence-electron chi connectivity index (χ2n) is 6.93. The maximum absolute atomic E-state index is 9.80. The molecular formula is C21H27F2PZr. The van der Waals surface area contributed by atoms with Gasteiger partial charge in [0.2, 0.25) is 0 Å². The average molecular weight is 440 g/mol. The Morgan fingerprint density at radius 1 is 1.08 bits per heavy atom. The van der Waals surface area contributed by atoms with Gasteiger partial charge in [0, 0.05) is 0 Å². The Balaban J connectivity index is 0.000000220. The third-order valence-electron chi connectivity index (χ3n) is 4.68. The zero-order chi connectivity index (χ0) is 19.2. The number of allylic oxidation sites excluding steroid dienone is 4. The van der Waals surface area contributed by atoms with Gasteiger partial charge in [-0.2, -0.15) is 17.2 Å². The molecule has 0 atom stereocenters. The Labute approximate surface area is 165 Å². The van der Waals surface area contributed by atoms with Crippen molar-refractivity contribution in [1.29, 1.82) is 0 Å². The van der Waals surface area contributed by atoms with Crippen LogP contribution in [0.3, 0.4) is 0 Å². The van der Waals surface area contributed by atoms with E-state index in [9.17, 15) is 5.25 Å². The Hall–Kier alpha value is -0.517. The van der Waals surface area contributed by atoms with Crippen LogP contribution in [0.2, 0.25) is 0 Å². The van der Waals surface area contributed by atoms with Crippen LogP contribution >= 0.6 is 7.92 Å². The van der Waals surface area contributed by atoms with Crippen molar-refractivity contribution in [3.63, 3.8) is 0 Å². The topological polar surface area (TPSA) is 0 Å². The third-order valence-corrected chi connectivity index (χ3v) is 5.97. The van der Waals surface area contributed by atoms with Crippen molar-refractivity contribution in [2.75, 3.05) is 13.3 Å². The normalized spacial score (nSPS) is 15.2. The quantitative estimate of drug-likeness (QED) is 0.336. The second kappa shape index (κ2) is 9.98. The molecule has 1 aliphatic carbocycles. The second-order valence-corrected chi connectivity index (χ2v) is 9.59. The van der Waals surface area contributed by atoms with E-state index in [1.807, 2.05) is 0 Å². The summed E-state index contributed by atoms with van der Waals surface area (Å²) in [4.78, 5) is 0. The van der Waals surface area contributed by atoms with Gasteiger partial charge in [-0.25, -0.2) is 5.57 Å². The summed E-state index contributed by atoms with van der Waals surface area (Å²) in [5, 5.41) is 4.26. The van der Waals surface area contributed by atoms with Crippen LogP contribution in [0, 0.1) is 11.5 Å². The Bertz CT molecular complexity index is 721. The fourth-order valence-electron chi connectivity index (χ4n) is 2.80. The molecule has 0 nitrogen and oxygen atoms in total. The molecular weight excluding hydrogens is 412 g/mol.